The molecule has 1 saturated heterocycles. The number of hydrogen-bond donors (Lipinski definition) is 1. The summed E-state index contributed by atoms with van der Waals surface area (Å²) in [6, 6.07) is 0. The van der Waals surface area contributed by atoms with Crippen molar-refractivity contribution in [1.29, 1.82) is 0 Å². The van der Waals surface area contributed by atoms with Crippen molar-refractivity contribution in [3.8, 4) is 0 Å². The van der Waals surface area contributed by atoms with E-state index >= 15 is 0 Å². The first-order valence-corrected chi connectivity index (χ1v) is 8.97. The maximum atomic E-state index is 12.0. The van der Waals surface area contributed by atoms with Gasteiger partial charge >= 0.3 is 5.97 Å². The Morgan fingerprint density at radius 2 is 1.70 bits per heavy atom. The largest absolute Gasteiger partial charge is 0.480 e. The van der Waals surface area contributed by atoms with Gasteiger partial charge in [0.15, 0.2) is 0 Å². The van der Waals surface area contributed by atoms with Crippen molar-refractivity contribution < 1.29 is 23.1 Å². The molecule has 0 saturated carbocycles. The van der Waals surface area contributed by atoms with Crippen molar-refractivity contribution in [1.82, 2.24) is 9.21 Å². The van der Waals surface area contributed by atoms with Gasteiger partial charge in [-0.15, -0.1) is 11.8 Å². The lowest BCUT2D eigenvalue weighted by atomic mass is 10.2. The van der Waals surface area contributed by atoms with E-state index in [-0.39, 0.29) is 24.7 Å². The average molecular weight is 324 g/mol. The molecule has 1 rings (SSSR count). The molecule has 1 aliphatic heterocycles. The van der Waals surface area contributed by atoms with Crippen LogP contribution in [0.2, 0.25) is 0 Å². The third-order valence-corrected chi connectivity index (χ3v) is 5.72. The number of hydrogen-bond acceptors (Lipinski definition) is 5. The van der Waals surface area contributed by atoms with Gasteiger partial charge in [-0.05, 0) is 13.8 Å². The molecule has 20 heavy (non-hydrogen) atoms. The second-order valence-corrected chi connectivity index (χ2v) is 8.73. The zero-order valence-electron chi connectivity index (χ0n) is 11.8. The van der Waals surface area contributed by atoms with Crippen molar-refractivity contribution in [3.63, 3.8) is 0 Å². The van der Waals surface area contributed by atoms with Gasteiger partial charge in [0.2, 0.25) is 15.9 Å². The Morgan fingerprint density at radius 1 is 1.20 bits per heavy atom. The van der Waals surface area contributed by atoms with E-state index in [1.807, 2.05) is 0 Å². The van der Waals surface area contributed by atoms with Crippen molar-refractivity contribution >= 4 is 33.7 Å². The maximum Gasteiger partial charge on any atom is 0.319 e. The summed E-state index contributed by atoms with van der Waals surface area (Å²) < 4.78 is 23.0. The van der Waals surface area contributed by atoms with Gasteiger partial charge in [-0.2, -0.15) is 4.31 Å². The minimum Gasteiger partial charge on any atom is -0.480 e. The summed E-state index contributed by atoms with van der Waals surface area (Å²) in [5.41, 5.74) is 0. The third-order valence-electron chi connectivity index (χ3n) is 3.13. The van der Waals surface area contributed by atoms with Gasteiger partial charge in [-0.1, -0.05) is 0 Å². The monoisotopic (exact) mass is 324 g/mol. The summed E-state index contributed by atoms with van der Waals surface area (Å²) in [4.78, 5) is 24.5. The first-order chi connectivity index (χ1) is 9.04. The van der Waals surface area contributed by atoms with Crippen LogP contribution in [0.15, 0.2) is 0 Å². The second kappa shape index (κ2) is 6.31. The fourth-order valence-electron chi connectivity index (χ4n) is 1.66. The van der Waals surface area contributed by atoms with Gasteiger partial charge in [0.05, 0.1) is 12.0 Å². The lowest BCUT2D eigenvalue weighted by Gasteiger charge is -2.33. The molecule has 9 heteroatoms. The molecule has 0 radical (unpaired) electrons. The first-order valence-electron chi connectivity index (χ1n) is 6.14. The summed E-state index contributed by atoms with van der Waals surface area (Å²) in [5, 5.41) is 8.97. The Kier molecular flexibility index (Phi) is 5.45. The van der Waals surface area contributed by atoms with E-state index in [1.54, 1.807) is 18.7 Å². The number of rotatable bonds is 5. The number of carbonyl (C=O) groups excluding carboxylic acids is 1. The molecule has 0 aromatic rings. The van der Waals surface area contributed by atoms with E-state index in [0.717, 1.165) is 18.0 Å². The Balaban J connectivity index is 2.46. The van der Waals surface area contributed by atoms with Gasteiger partial charge in [-0.3, -0.25) is 9.59 Å². The van der Waals surface area contributed by atoms with E-state index < -0.39 is 20.7 Å². The van der Waals surface area contributed by atoms with E-state index in [9.17, 15) is 18.0 Å². The predicted molar refractivity (Wildman–Crippen MR) is 77.2 cm³/mol. The molecule has 0 unspecified atom stereocenters. The smallest absolute Gasteiger partial charge is 0.319 e. The number of aliphatic carboxylic acids is 1. The van der Waals surface area contributed by atoms with Crippen molar-refractivity contribution in [2.24, 2.45) is 0 Å². The summed E-state index contributed by atoms with van der Waals surface area (Å²) >= 11 is 1.07. The molecule has 0 atom stereocenters. The van der Waals surface area contributed by atoms with Gasteiger partial charge < -0.3 is 10.0 Å². The number of sulfonamides is 1. The Bertz CT molecular complexity index is 481. The standard InChI is InChI=1S/C11H20N2O5S2/c1-11(2,10(15)16)19-8-9(14)12-4-6-13(7-5-12)20(3,17)18/h4-8H2,1-3H3,(H,15,16). The minimum absolute atomic E-state index is 0.0815. The number of piperazine rings is 1. The van der Waals surface area contributed by atoms with Gasteiger partial charge in [0.1, 0.15) is 4.75 Å². The minimum atomic E-state index is -3.21. The van der Waals surface area contributed by atoms with Crippen LogP contribution in [0.3, 0.4) is 0 Å². The fourth-order valence-corrected chi connectivity index (χ4v) is 3.28. The quantitative estimate of drug-likeness (QED) is 0.745. The highest BCUT2D eigenvalue weighted by Crippen LogP contribution is 2.24. The molecule has 1 amide bonds. The molecule has 1 N–H and O–H groups in total. The van der Waals surface area contributed by atoms with Crippen LogP contribution in [0.5, 0.6) is 0 Å². The average Bonchev–Trinajstić information content (AvgIpc) is 2.35. The van der Waals surface area contributed by atoms with Crippen LogP contribution >= 0.6 is 11.8 Å². The molecular weight excluding hydrogens is 304 g/mol. The van der Waals surface area contributed by atoms with E-state index in [4.69, 9.17) is 5.11 Å². The number of thioether (sulfide) groups is 1. The molecule has 0 aliphatic carbocycles. The molecular formula is C11H20N2O5S2. The molecule has 1 aliphatic rings. The molecule has 7 nitrogen and oxygen atoms in total. The molecule has 1 fully saturated rings. The zero-order valence-corrected chi connectivity index (χ0v) is 13.5. The van der Waals surface area contributed by atoms with Crippen molar-refractivity contribution in [2.45, 2.75) is 18.6 Å². The number of carboxylic acid groups (broad SMARTS) is 1. The van der Waals surface area contributed by atoms with Crippen molar-refractivity contribution in [3.05, 3.63) is 0 Å². The highest BCUT2D eigenvalue weighted by molar-refractivity contribution is 8.01. The summed E-state index contributed by atoms with van der Waals surface area (Å²) in [6.45, 7) is 4.37. The third kappa shape index (κ3) is 4.64. The molecule has 1 heterocycles. The fraction of sp³-hybridized carbons (Fsp3) is 0.818. The van der Waals surface area contributed by atoms with E-state index in [1.165, 1.54) is 4.31 Å². The zero-order chi connectivity index (χ0) is 15.6. The maximum absolute atomic E-state index is 12.0. The Morgan fingerprint density at radius 3 is 2.10 bits per heavy atom. The molecule has 0 aromatic heterocycles. The van der Waals surface area contributed by atoms with Crippen LogP contribution in [-0.2, 0) is 19.6 Å². The summed E-state index contributed by atoms with van der Waals surface area (Å²) in [5.74, 6) is -1.03. The van der Waals surface area contributed by atoms with Crippen LogP contribution in [0.4, 0.5) is 0 Å². The summed E-state index contributed by atoms with van der Waals surface area (Å²) in [6.07, 6.45) is 1.15. The predicted octanol–water partition coefficient (Wildman–Crippen LogP) is -0.313. The molecule has 0 aromatic carbocycles. The van der Waals surface area contributed by atoms with Crippen LogP contribution < -0.4 is 0 Å². The molecule has 0 spiro atoms. The van der Waals surface area contributed by atoms with Gasteiger partial charge in [0, 0.05) is 26.2 Å². The van der Waals surface area contributed by atoms with Crippen molar-refractivity contribution in [2.75, 3.05) is 38.2 Å². The normalized spacial score (nSPS) is 18.1. The molecule has 116 valence electrons. The SMILES string of the molecule is CC(C)(SCC(=O)N1CCN(S(C)(=O)=O)CC1)C(=O)O. The topological polar surface area (TPSA) is 95.0 Å². The lowest BCUT2D eigenvalue weighted by molar-refractivity contribution is -0.138. The van der Waals surface area contributed by atoms with Gasteiger partial charge in [-0.25, -0.2) is 8.42 Å². The Hall–Kier alpha value is -0.800. The van der Waals surface area contributed by atoms with Crippen LogP contribution in [0.1, 0.15) is 13.8 Å². The van der Waals surface area contributed by atoms with Crippen LogP contribution in [0.25, 0.3) is 0 Å². The Labute approximate surface area is 123 Å². The number of amides is 1. The van der Waals surface area contributed by atoms with Gasteiger partial charge in [0.25, 0.3) is 0 Å². The highest BCUT2D eigenvalue weighted by Gasteiger charge is 2.31. The van der Waals surface area contributed by atoms with E-state index in [0.29, 0.717) is 13.1 Å². The summed E-state index contributed by atoms with van der Waals surface area (Å²) in [7, 11) is -3.21. The number of nitrogens with zero attached hydrogens (tertiary/aromatic N) is 2. The first kappa shape index (κ1) is 17.3. The number of carboxylic acids is 1. The second-order valence-electron chi connectivity index (χ2n) is 5.15. The lowest BCUT2D eigenvalue weighted by Crippen LogP contribution is -2.51. The van der Waals surface area contributed by atoms with Crippen LogP contribution in [0, 0.1) is 0 Å². The molecule has 0 bridgehead atoms. The van der Waals surface area contributed by atoms with Crippen LogP contribution in [-0.4, -0.2) is 77.5 Å². The number of carbonyl (C=O) groups is 2. The van der Waals surface area contributed by atoms with E-state index in [2.05, 4.69) is 0 Å². The highest BCUT2D eigenvalue weighted by atomic mass is 32.2.